The lowest BCUT2D eigenvalue weighted by Crippen LogP contribution is -2.15. The quantitative estimate of drug-likeness (QED) is 0.391. The molecule has 0 radical (unpaired) electrons. The first-order chi connectivity index (χ1) is 15.7. The Kier molecular flexibility index (Phi) is 8.50. The fourth-order valence-corrected chi connectivity index (χ4v) is 6.56. The summed E-state index contributed by atoms with van der Waals surface area (Å²) in [6, 6.07) is 19.1. The molecule has 2 fully saturated rings. The zero-order chi connectivity index (χ0) is 22.3. The Bertz CT molecular complexity index is 783. The Balaban J connectivity index is 1.31. The first-order valence-electron chi connectivity index (χ1n) is 13.9. The lowest BCUT2D eigenvalue weighted by Gasteiger charge is -2.30. The molecule has 0 heterocycles. The van der Waals surface area contributed by atoms with Crippen LogP contribution in [0.4, 0.5) is 0 Å². The van der Waals surface area contributed by atoms with E-state index in [1.807, 2.05) is 0 Å². The molecule has 4 rings (SSSR count). The normalized spacial score (nSPS) is 27.2. The molecule has 2 aliphatic rings. The van der Waals surface area contributed by atoms with E-state index in [1.165, 1.54) is 88.2 Å². The Hall–Kier alpha value is -1.56. The topological polar surface area (TPSA) is 0 Å². The maximum absolute atomic E-state index is 2.43. The molecule has 0 amide bonds. The van der Waals surface area contributed by atoms with Crippen LogP contribution in [0.2, 0.25) is 0 Å². The van der Waals surface area contributed by atoms with Crippen molar-refractivity contribution in [3.05, 3.63) is 59.7 Å². The highest BCUT2D eigenvalue weighted by Gasteiger charge is 2.24. The van der Waals surface area contributed by atoms with Gasteiger partial charge in [-0.25, -0.2) is 0 Å². The molecule has 2 aliphatic carbocycles. The minimum Gasteiger partial charge on any atom is -0.0654 e. The third-order valence-electron chi connectivity index (χ3n) is 8.92. The highest BCUT2D eigenvalue weighted by atomic mass is 14.3. The van der Waals surface area contributed by atoms with Gasteiger partial charge in [-0.15, -0.1) is 0 Å². The second kappa shape index (κ2) is 11.5. The molecule has 0 heteroatoms. The molecule has 0 spiro atoms. The number of benzene rings is 2. The van der Waals surface area contributed by atoms with Crippen molar-refractivity contribution in [2.75, 3.05) is 0 Å². The van der Waals surface area contributed by atoms with Crippen molar-refractivity contribution in [2.45, 2.75) is 110 Å². The molecule has 2 aromatic carbocycles. The Morgan fingerprint density at radius 3 is 1.47 bits per heavy atom. The predicted octanol–water partition coefficient (Wildman–Crippen LogP) is 10.1. The molecule has 1 atom stereocenters. The van der Waals surface area contributed by atoms with Gasteiger partial charge < -0.3 is 0 Å². The van der Waals surface area contributed by atoms with Crippen LogP contribution >= 0.6 is 0 Å². The van der Waals surface area contributed by atoms with Crippen molar-refractivity contribution >= 4 is 0 Å². The van der Waals surface area contributed by atoms with E-state index in [0.29, 0.717) is 0 Å². The van der Waals surface area contributed by atoms with E-state index in [9.17, 15) is 0 Å². The summed E-state index contributed by atoms with van der Waals surface area (Å²) in [4.78, 5) is 0. The highest BCUT2D eigenvalue weighted by Crippen LogP contribution is 2.40. The number of hydrogen-bond acceptors (Lipinski definition) is 0. The van der Waals surface area contributed by atoms with E-state index in [-0.39, 0.29) is 0 Å². The minimum atomic E-state index is 0.780. The lowest BCUT2D eigenvalue weighted by atomic mass is 9.75. The van der Waals surface area contributed by atoms with Crippen LogP contribution < -0.4 is 0 Å². The van der Waals surface area contributed by atoms with Crippen molar-refractivity contribution in [3.63, 3.8) is 0 Å². The van der Waals surface area contributed by atoms with Crippen LogP contribution in [0.1, 0.15) is 121 Å². The Morgan fingerprint density at radius 1 is 0.625 bits per heavy atom. The molecule has 1 unspecified atom stereocenters. The SMILES string of the molecule is CCCC1CCC(c2ccc(-c3ccc(C4CCC(CC(C)CC)CC4)cc3)cc2)CC1. The summed E-state index contributed by atoms with van der Waals surface area (Å²) in [6.45, 7) is 7.09. The van der Waals surface area contributed by atoms with Crippen LogP contribution in [0, 0.1) is 17.8 Å². The summed E-state index contributed by atoms with van der Waals surface area (Å²) in [5.41, 5.74) is 5.88. The van der Waals surface area contributed by atoms with Gasteiger partial charge in [0.1, 0.15) is 0 Å². The van der Waals surface area contributed by atoms with E-state index in [2.05, 4.69) is 69.3 Å². The van der Waals surface area contributed by atoms with Gasteiger partial charge in [-0.1, -0.05) is 88.6 Å². The summed E-state index contributed by atoms with van der Waals surface area (Å²) >= 11 is 0. The van der Waals surface area contributed by atoms with Gasteiger partial charge in [0.25, 0.3) is 0 Å². The summed E-state index contributed by atoms with van der Waals surface area (Å²) in [6.07, 6.45) is 16.8. The molecule has 0 aromatic heterocycles. The van der Waals surface area contributed by atoms with Gasteiger partial charge in [-0.3, -0.25) is 0 Å². The van der Waals surface area contributed by atoms with E-state index in [1.54, 1.807) is 11.1 Å². The van der Waals surface area contributed by atoms with Gasteiger partial charge in [-0.05, 0) is 110 Å². The second-order valence-corrected chi connectivity index (χ2v) is 11.2. The van der Waals surface area contributed by atoms with Crippen LogP contribution in [0.5, 0.6) is 0 Å². The van der Waals surface area contributed by atoms with Crippen molar-refractivity contribution < 1.29 is 0 Å². The molecule has 2 aromatic rings. The van der Waals surface area contributed by atoms with Gasteiger partial charge in [0.15, 0.2) is 0 Å². The molecular weight excluding hydrogens is 384 g/mol. The molecule has 0 N–H and O–H groups in total. The number of rotatable bonds is 8. The largest absolute Gasteiger partial charge is 0.0654 e. The van der Waals surface area contributed by atoms with E-state index >= 15 is 0 Å². The molecule has 2 saturated carbocycles. The zero-order valence-electron chi connectivity index (χ0n) is 21.0. The fourth-order valence-electron chi connectivity index (χ4n) is 6.56. The third kappa shape index (κ3) is 6.06. The summed E-state index contributed by atoms with van der Waals surface area (Å²) in [5, 5.41) is 0. The molecule has 0 bridgehead atoms. The molecule has 32 heavy (non-hydrogen) atoms. The molecule has 0 nitrogen and oxygen atoms in total. The highest BCUT2D eigenvalue weighted by molar-refractivity contribution is 5.64. The summed E-state index contributed by atoms with van der Waals surface area (Å²) in [7, 11) is 0. The van der Waals surface area contributed by atoms with Crippen LogP contribution in [-0.4, -0.2) is 0 Å². The Labute approximate surface area is 198 Å². The first-order valence-corrected chi connectivity index (χ1v) is 13.9. The van der Waals surface area contributed by atoms with E-state index < -0.39 is 0 Å². The van der Waals surface area contributed by atoms with E-state index in [0.717, 1.165) is 29.6 Å². The standard InChI is InChI=1S/C32H46/c1-4-6-25-7-11-27(12-8-25)29-15-19-31(20-16-29)32-21-17-30(18-22-32)28-13-9-26(10-14-28)23-24(3)5-2/h15-22,24-28H,4-14,23H2,1-3H3. The van der Waals surface area contributed by atoms with Crippen molar-refractivity contribution in [2.24, 2.45) is 17.8 Å². The van der Waals surface area contributed by atoms with Crippen molar-refractivity contribution in [1.29, 1.82) is 0 Å². The average molecular weight is 431 g/mol. The van der Waals surface area contributed by atoms with Crippen molar-refractivity contribution in [3.8, 4) is 11.1 Å². The smallest absolute Gasteiger partial charge is 0.0162 e. The van der Waals surface area contributed by atoms with Crippen LogP contribution in [0.25, 0.3) is 11.1 Å². The van der Waals surface area contributed by atoms with Gasteiger partial charge in [0, 0.05) is 0 Å². The average Bonchev–Trinajstić information content (AvgIpc) is 2.85. The molecule has 0 aliphatic heterocycles. The lowest BCUT2D eigenvalue weighted by molar-refractivity contribution is 0.273. The van der Waals surface area contributed by atoms with Crippen LogP contribution in [0.3, 0.4) is 0 Å². The fraction of sp³-hybridized carbons (Fsp3) is 0.625. The predicted molar refractivity (Wildman–Crippen MR) is 140 cm³/mol. The van der Waals surface area contributed by atoms with Crippen LogP contribution in [0.15, 0.2) is 48.5 Å². The zero-order valence-corrected chi connectivity index (χ0v) is 21.0. The molecular formula is C32H46. The molecule has 174 valence electrons. The maximum atomic E-state index is 2.43. The monoisotopic (exact) mass is 430 g/mol. The second-order valence-electron chi connectivity index (χ2n) is 11.2. The Morgan fingerprint density at radius 2 is 1.06 bits per heavy atom. The van der Waals surface area contributed by atoms with Gasteiger partial charge >= 0.3 is 0 Å². The van der Waals surface area contributed by atoms with Crippen LogP contribution in [-0.2, 0) is 0 Å². The maximum Gasteiger partial charge on any atom is -0.0162 e. The van der Waals surface area contributed by atoms with Crippen molar-refractivity contribution in [1.82, 2.24) is 0 Å². The first kappa shape index (κ1) is 23.6. The minimum absolute atomic E-state index is 0.780. The van der Waals surface area contributed by atoms with Gasteiger partial charge in [0.2, 0.25) is 0 Å². The molecule has 0 saturated heterocycles. The van der Waals surface area contributed by atoms with E-state index in [4.69, 9.17) is 0 Å². The van der Waals surface area contributed by atoms with Gasteiger partial charge in [0.05, 0.1) is 0 Å². The van der Waals surface area contributed by atoms with Gasteiger partial charge in [-0.2, -0.15) is 0 Å². The summed E-state index contributed by atoms with van der Waals surface area (Å²) < 4.78 is 0. The third-order valence-corrected chi connectivity index (χ3v) is 8.92. The number of hydrogen-bond donors (Lipinski definition) is 0. The summed E-state index contributed by atoms with van der Waals surface area (Å²) in [5.74, 6) is 4.43.